The van der Waals surface area contributed by atoms with Gasteiger partial charge in [0.25, 0.3) is 0 Å². The summed E-state index contributed by atoms with van der Waals surface area (Å²) in [5, 5.41) is 2.86. The molecule has 134 valence electrons. The number of hydrogen-bond donors (Lipinski definition) is 1. The summed E-state index contributed by atoms with van der Waals surface area (Å²) in [6, 6.07) is 8.35. The van der Waals surface area contributed by atoms with E-state index in [9.17, 15) is 4.79 Å². The van der Waals surface area contributed by atoms with E-state index in [2.05, 4.69) is 28.4 Å². The van der Waals surface area contributed by atoms with Crippen LogP contribution in [-0.4, -0.2) is 50.8 Å². The van der Waals surface area contributed by atoms with E-state index in [0.29, 0.717) is 26.2 Å². The maximum Gasteiger partial charge on any atom is 0.222 e. The SMILES string of the molecule is COCCC(=O)NCCCOc1cccc(CN2CCCCC2)c1. The summed E-state index contributed by atoms with van der Waals surface area (Å²) in [6.07, 6.45) is 5.20. The van der Waals surface area contributed by atoms with Gasteiger partial charge in [0.1, 0.15) is 5.75 Å². The summed E-state index contributed by atoms with van der Waals surface area (Å²) in [5.41, 5.74) is 1.31. The van der Waals surface area contributed by atoms with Gasteiger partial charge < -0.3 is 14.8 Å². The number of carbonyl (C=O) groups excluding carboxylic acids is 1. The summed E-state index contributed by atoms with van der Waals surface area (Å²) in [5.74, 6) is 0.940. The number of nitrogens with one attached hydrogen (secondary N) is 1. The first-order valence-electron chi connectivity index (χ1n) is 8.97. The molecule has 0 unspecified atom stereocenters. The van der Waals surface area contributed by atoms with Crippen LogP contribution in [0.25, 0.3) is 0 Å². The maximum atomic E-state index is 11.4. The summed E-state index contributed by atoms with van der Waals surface area (Å²) >= 11 is 0. The van der Waals surface area contributed by atoms with Crippen LogP contribution in [0.5, 0.6) is 5.75 Å². The molecule has 0 atom stereocenters. The molecule has 1 heterocycles. The van der Waals surface area contributed by atoms with Crippen LogP contribution in [0.3, 0.4) is 0 Å². The highest BCUT2D eigenvalue weighted by atomic mass is 16.5. The molecule has 5 heteroatoms. The zero-order valence-corrected chi connectivity index (χ0v) is 14.8. The van der Waals surface area contributed by atoms with Crippen LogP contribution in [0.4, 0.5) is 0 Å². The molecule has 1 aromatic carbocycles. The van der Waals surface area contributed by atoms with Gasteiger partial charge in [-0.15, -0.1) is 0 Å². The Labute approximate surface area is 145 Å². The van der Waals surface area contributed by atoms with Gasteiger partial charge in [-0.1, -0.05) is 18.6 Å². The first-order chi connectivity index (χ1) is 11.8. The van der Waals surface area contributed by atoms with Crippen molar-refractivity contribution in [1.82, 2.24) is 10.2 Å². The Morgan fingerprint density at radius 2 is 2.04 bits per heavy atom. The van der Waals surface area contributed by atoms with E-state index in [0.717, 1.165) is 18.7 Å². The Hall–Kier alpha value is -1.59. The molecule has 1 fully saturated rings. The second-order valence-electron chi connectivity index (χ2n) is 6.28. The standard InChI is InChI=1S/C19H30N2O3/c1-23-14-9-19(22)20-10-6-13-24-18-8-5-7-17(15-18)16-21-11-3-2-4-12-21/h5,7-8,15H,2-4,6,9-14,16H2,1H3,(H,20,22). The minimum atomic E-state index is 0.0281. The van der Waals surface area contributed by atoms with Gasteiger partial charge in [0.2, 0.25) is 5.91 Å². The van der Waals surface area contributed by atoms with E-state index in [-0.39, 0.29) is 5.91 Å². The molecule has 5 nitrogen and oxygen atoms in total. The van der Waals surface area contributed by atoms with E-state index in [4.69, 9.17) is 9.47 Å². The number of rotatable bonds is 10. The number of carbonyl (C=O) groups is 1. The molecule has 1 N–H and O–H groups in total. The van der Waals surface area contributed by atoms with Crippen LogP contribution in [0.15, 0.2) is 24.3 Å². The number of piperidine rings is 1. The predicted octanol–water partition coefficient (Wildman–Crippen LogP) is 2.59. The first-order valence-corrected chi connectivity index (χ1v) is 8.97. The van der Waals surface area contributed by atoms with Crippen LogP contribution in [0.1, 0.15) is 37.7 Å². The van der Waals surface area contributed by atoms with Crippen molar-refractivity contribution in [2.24, 2.45) is 0 Å². The summed E-state index contributed by atoms with van der Waals surface area (Å²) < 4.78 is 10.7. The van der Waals surface area contributed by atoms with Crippen LogP contribution < -0.4 is 10.1 Å². The second-order valence-corrected chi connectivity index (χ2v) is 6.28. The van der Waals surface area contributed by atoms with Crippen molar-refractivity contribution in [2.75, 3.05) is 40.0 Å². The second kappa shape index (κ2) is 11.0. The molecule has 0 radical (unpaired) electrons. The molecule has 0 aliphatic carbocycles. The lowest BCUT2D eigenvalue weighted by Gasteiger charge is -2.26. The van der Waals surface area contributed by atoms with Crippen molar-refractivity contribution in [1.29, 1.82) is 0 Å². The molecule has 0 bridgehead atoms. The zero-order chi connectivity index (χ0) is 17.0. The third-order valence-corrected chi connectivity index (χ3v) is 4.20. The Morgan fingerprint density at radius 1 is 1.21 bits per heavy atom. The molecule has 1 aromatic rings. The van der Waals surface area contributed by atoms with E-state index in [1.165, 1.54) is 37.9 Å². The number of nitrogens with zero attached hydrogens (tertiary/aromatic N) is 1. The monoisotopic (exact) mass is 334 g/mol. The van der Waals surface area contributed by atoms with Gasteiger partial charge in [0.05, 0.1) is 13.2 Å². The highest BCUT2D eigenvalue weighted by Crippen LogP contribution is 2.17. The van der Waals surface area contributed by atoms with Crippen LogP contribution in [0.2, 0.25) is 0 Å². The molecular weight excluding hydrogens is 304 g/mol. The number of benzene rings is 1. The Kier molecular flexibility index (Phi) is 8.63. The quantitative estimate of drug-likeness (QED) is 0.668. The zero-order valence-electron chi connectivity index (χ0n) is 14.8. The lowest BCUT2D eigenvalue weighted by molar-refractivity contribution is -0.121. The molecule has 1 saturated heterocycles. The van der Waals surface area contributed by atoms with Gasteiger partial charge in [-0.3, -0.25) is 9.69 Å². The van der Waals surface area contributed by atoms with Crippen LogP contribution in [0, 0.1) is 0 Å². The Morgan fingerprint density at radius 3 is 2.83 bits per heavy atom. The van der Waals surface area contributed by atoms with Crippen LogP contribution >= 0.6 is 0 Å². The fourth-order valence-electron chi connectivity index (χ4n) is 2.88. The van der Waals surface area contributed by atoms with Gasteiger partial charge in [-0.05, 0) is 50.0 Å². The van der Waals surface area contributed by atoms with Gasteiger partial charge in [-0.2, -0.15) is 0 Å². The van der Waals surface area contributed by atoms with Crippen molar-refractivity contribution in [3.05, 3.63) is 29.8 Å². The Balaban J connectivity index is 1.64. The van der Waals surface area contributed by atoms with E-state index in [1.54, 1.807) is 7.11 Å². The third-order valence-electron chi connectivity index (χ3n) is 4.20. The predicted molar refractivity (Wildman–Crippen MR) is 95.2 cm³/mol. The fourth-order valence-corrected chi connectivity index (χ4v) is 2.88. The molecule has 24 heavy (non-hydrogen) atoms. The minimum Gasteiger partial charge on any atom is -0.494 e. The third kappa shape index (κ3) is 7.32. The topological polar surface area (TPSA) is 50.8 Å². The molecule has 1 aliphatic rings. The maximum absolute atomic E-state index is 11.4. The molecular formula is C19H30N2O3. The molecule has 0 spiro atoms. The summed E-state index contributed by atoms with van der Waals surface area (Å²) in [7, 11) is 1.60. The molecule has 1 aliphatic heterocycles. The highest BCUT2D eigenvalue weighted by Gasteiger charge is 2.10. The summed E-state index contributed by atoms with van der Waals surface area (Å²) in [6.45, 7) is 5.12. The van der Waals surface area contributed by atoms with Crippen molar-refractivity contribution < 1.29 is 14.3 Å². The fraction of sp³-hybridized carbons (Fsp3) is 0.632. The Bertz CT molecular complexity index is 487. The number of hydrogen-bond acceptors (Lipinski definition) is 4. The van der Waals surface area contributed by atoms with Crippen LogP contribution in [-0.2, 0) is 16.1 Å². The molecule has 2 rings (SSSR count). The van der Waals surface area contributed by atoms with E-state index in [1.807, 2.05) is 6.07 Å². The number of amides is 1. The smallest absolute Gasteiger partial charge is 0.222 e. The van der Waals surface area contributed by atoms with Gasteiger partial charge in [-0.25, -0.2) is 0 Å². The first kappa shape index (κ1) is 18.7. The molecule has 0 aromatic heterocycles. The van der Waals surface area contributed by atoms with E-state index >= 15 is 0 Å². The lowest BCUT2D eigenvalue weighted by atomic mass is 10.1. The van der Waals surface area contributed by atoms with Gasteiger partial charge >= 0.3 is 0 Å². The van der Waals surface area contributed by atoms with Crippen molar-refractivity contribution in [3.63, 3.8) is 0 Å². The van der Waals surface area contributed by atoms with Gasteiger partial charge in [0, 0.05) is 26.6 Å². The van der Waals surface area contributed by atoms with E-state index < -0.39 is 0 Å². The average Bonchev–Trinajstić information content (AvgIpc) is 2.61. The minimum absolute atomic E-state index is 0.0281. The largest absolute Gasteiger partial charge is 0.494 e. The van der Waals surface area contributed by atoms with Crippen molar-refractivity contribution in [3.8, 4) is 5.75 Å². The van der Waals surface area contributed by atoms with Crippen molar-refractivity contribution >= 4 is 5.91 Å². The van der Waals surface area contributed by atoms with Crippen molar-refractivity contribution in [2.45, 2.75) is 38.6 Å². The molecule has 0 saturated carbocycles. The lowest BCUT2D eigenvalue weighted by Crippen LogP contribution is -2.29. The number of methoxy groups -OCH3 is 1. The number of ether oxygens (including phenoxy) is 2. The highest BCUT2D eigenvalue weighted by molar-refractivity contribution is 5.75. The number of likely N-dealkylation sites (tertiary alicyclic amines) is 1. The normalized spacial score (nSPS) is 15.2. The molecule has 1 amide bonds. The van der Waals surface area contributed by atoms with Gasteiger partial charge in [0.15, 0.2) is 0 Å². The summed E-state index contributed by atoms with van der Waals surface area (Å²) in [4.78, 5) is 13.9. The average molecular weight is 334 g/mol.